The van der Waals surface area contributed by atoms with Crippen molar-refractivity contribution in [1.82, 2.24) is 0 Å². The Bertz CT molecular complexity index is 636. The molecule has 0 atom stereocenters. The Balaban J connectivity index is 2.18. The van der Waals surface area contributed by atoms with E-state index in [0.717, 1.165) is 18.2 Å². The molecule has 0 aliphatic carbocycles. The second-order valence-electron chi connectivity index (χ2n) is 4.11. The minimum atomic E-state index is -2.96. The maximum absolute atomic E-state index is 13.5. The Labute approximate surface area is 126 Å². The Morgan fingerprint density at radius 3 is 2.57 bits per heavy atom. The van der Waals surface area contributed by atoms with Crippen LogP contribution in [0.3, 0.4) is 0 Å². The molecule has 21 heavy (non-hydrogen) atoms. The maximum Gasteiger partial charge on any atom is 0.387 e. The molecule has 0 bridgehead atoms. The zero-order chi connectivity index (χ0) is 15.4. The molecule has 7 heteroatoms. The summed E-state index contributed by atoms with van der Waals surface area (Å²) in [5.74, 6) is -1.27. The molecule has 2 rings (SSSR count). The lowest BCUT2D eigenvalue weighted by molar-refractivity contribution is -0.0504. The van der Waals surface area contributed by atoms with Gasteiger partial charge in [0.25, 0.3) is 0 Å². The van der Waals surface area contributed by atoms with E-state index in [1.165, 1.54) is 6.07 Å². The van der Waals surface area contributed by atoms with Crippen molar-refractivity contribution in [1.29, 1.82) is 0 Å². The minimum Gasteiger partial charge on any atom is -0.434 e. The smallest absolute Gasteiger partial charge is 0.387 e. The average Bonchev–Trinajstić information content (AvgIpc) is 2.42. The predicted octanol–water partition coefficient (Wildman–Crippen LogP) is 4.94. The molecule has 0 unspecified atom stereocenters. The van der Waals surface area contributed by atoms with Crippen molar-refractivity contribution in [3.8, 4) is 5.75 Å². The summed E-state index contributed by atoms with van der Waals surface area (Å²) in [7, 11) is 0. The van der Waals surface area contributed by atoms with Crippen LogP contribution >= 0.6 is 15.9 Å². The summed E-state index contributed by atoms with van der Waals surface area (Å²) in [6.45, 7) is -2.96. The molecule has 0 saturated carbocycles. The van der Waals surface area contributed by atoms with Crippen LogP contribution in [0.25, 0.3) is 0 Å². The van der Waals surface area contributed by atoms with Crippen LogP contribution in [0.5, 0.6) is 5.75 Å². The monoisotopic (exact) mass is 363 g/mol. The van der Waals surface area contributed by atoms with Gasteiger partial charge in [-0.1, -0.05) is 15.9 Å². The number of hydrogen-bond acceptors (Lipinski definition) is 2. The van der Waals surface area contributed by atoms with Crippen molar-refractivity contribution in [2.75, 3.05) is 5.32 Å². The molecule has 2 aromatic carbocycles. The highest BCUT2D eigenvalue weighted by molar-refractivity contribution is 9.10. The molecule has 0 radical (unpaired) electrons. The molecular weight excluding hydrogens is 354 g/mol. The quantitative estimate of drug-likeness (QED) is 0.759. The van der Waals surface area contributed by atoms with Crippen molar-refractivity contribution in [2.45, 2.75) is 13.2 Å². The third kappa shape index (κ3) is 4.35. The molecule has 0 saturated heterocycles. The third-order valence-electron chi connectivity index (χ3n) is 2.64. The average molecular weight is 364 g/mol. The van der Waals surface area contributed by atoms with Crippen LogP contribution in [-0.2, 0) is 6.54 Å². The fourth-order valence-corrected chi connectivity index (χ4v) is 2.13. The fraction of sp³-hybridized carbons (Fsp3) is 0.143. The topological polar surface area (TPSA) is 21.3 Å². The summed E-state index contributed by atoms with van der Waals surface area (Å²) >= 11 is 3.21. The van der Waals surface area contributed by atoms with E-state index in [1.807, 2.05) is 0 Å². The van der Waals surface area contributed by atoms with E-state index < -0.39 is 18.2 Å². The van der Waals surface area contributed by atoms with Crippen molar-refractivity contribution < 1.29 is 22.3 Å². The van der Waals surface area contributed by atoms with Crippen molar-refractivity contribution in [2.24, 2.45) is 0 Å². The Kier molecular flexibility index (Phi) is 5.06. The molecule has 0 spiro atoms. The van der Waals surface area contributed by atoms with Crippen LogP contribution < -0.4 is 10.1 Å². The van der Waals surface area contributed by atoms with Crippen LogP contribution in [-0.4, -0.2) is 6.61 Å². The van der Waals surface area contributed by atoms with E-state index in [9.17, 15) is 17.6 Å². The van der Waals surface area contributed by atoms with Crippen LogP contribution in [0.2, 0.25) is 0 Å². The number of benzene rings is 2. The first-order chi connectivity index (χ1) is 9.95. The van der Waals surface area contributed by atoms with Gasteiger partial charge in [0, 0.05) is 16.6 Å². The minimum absolute atomic E-state index is 0.00185. The van der Waals surface area contributed by atoms with Gasteiger partial charge in [-0.05, 0) is 36.4 Å². The normalized spacial score (nSPS) is 10.8. The Morgan fingerprint density at radius 2 is 1.86 bits per heavy atom. The van der Waals surface area contributed by atoms with Gasteiger partial charge in [0.1, 0.15) is 17.4 Å². The standard InChI is InChI=1S/C14H10BrF4NO/c15-9-1-4-13(21-14(18)19)8(5-9)7-20-12-6-10(16)2-3-11(12)17/h1-6,14,20H,7H2. The highest BCUT2D eigenvalue weighted by atomic mass is 79.9. The van der Waals surface area contributed by atoms with Crippen LogP contribution in [0.1, 0.15) is 5.56 Å². The number of hydrogen-bond donors (Lipinski definition) is 1. The number of alkyl halides is 2. The molecule has 0 heterocycles. The first-order valence-electron chi connectivity index (χ1n) is 5.88. The number of nitrogens with one attached hydrogen (secondary N) is 1. The molecular formula is C14H10BrF4NO. The summed E-state index contributed by atoms with van der Waals surface area (Å²) < 4.78 is 56.2. The van der Waals surface area contributed by atoms with Crippen LogP contribution in [0.15, 0.2) is 40.9 Å². The highest BCUT2D eigenvalue weighted by Gasteiger charge is 2.11. The second kappa shape index (κ2) is 6.80. The third-order valence-corrected chi connectivity index (χ3v) is 3.13. The van der Waals surface area contributed by atoms with E-state index in [1.54, 1.807) is 12.1 Å². The van der Waals surface area contributed by atoms with E-state index in [2.05, 4.69) is 26.0 Å². The number of anilines is 1. The Hall–Kier alpha value is -1.76. The largest absolute Gasteiger partial charge is 0.434 e. The molecule has 0 amide bonds. The van der Waals surface area contributed by atoms with Crippen molar-refractivity contribution >= 4 is 21.6 Å². The summed E-state index contributed by atoms with van der Waals surface area (Å²) in [5, 5.41) is 2.65. The lowest BCUT2D eigenvalue weighted by atomic mass is 10.2. The lowest BCUT2D eigenvalue weighted by Gasteiger charge is -2.13. The second-order valence-corrected chi connectivity index (χ2v) is 5.02. The van der Waals surface area contributed by atoms with Crippen molar-refractivity contribution in [3.05, 3.63) is 58.1 Å². The van der Waals surface area contributed by atoms with Gasteiger partial charge in [-0.25, -0.2) is 8.78 Å². The number of halogens is 5. The van der Waals surface area contributed by atoms with E-state index >= 15 is 0 Å². The zero-order valence-electron chi connectivity index (χ0n) is 10.5. The zero-order valence-corrected chi connectivity index (χ0v) is 12.1. The van der Waals surface area contributed by atoms with Crippen LogP contribution in [0.4, 0.5) is 23.2 Å². The summed E-state index contributed by atoms with van der Waals surface area (Å²) in [4.78, 5) is 0. The molecule has 0 aromatic heterocycles. The number of ether oxygens (including phenoxy) is 1. The highest BCUT2D eigenvalue weighted by Crippen LogP contribution is 2.26. The van der Waals surface area contributed by atoms with Gasteiger partial charge >= 0.3 is 6.61 Å². The first-order valence-corrected chi connectivity index (χ1v) is 6.67. The first kappa shape index (κ1) is 15.6. The van der Waals surface area contributed by atoms with Crippen molar-refractivity contribution in [3.63, 3.8) is 0 Å². The van der Waals surface area contributed by atoms with Gasteiger partial charge in [0.15, 0.2) is 0 Å². The summed E-state index contributed by atoms with van der Waals surface area (Å²) in [5.41, 5.74) is 0.325. The van der Waals surface area contributed by atoms with E-state index in [0.29, 0.717) is 10.0 Å². The molecule has 2 nitrogen and oxygen atoms in total. The molecule has 112 valence electrons. The molecule has 0 fully saturated rings. The van der Waals surface area contributed by atoms with Gasteiger partial charge < -0.3 is 10.1 Å². The van der Waals surface area contributed by atoms with E-state index in [-0.39, 0.29) is 18.0 Å². The van der Waals surface area contributed by atoms with Gasteiger partial charge in [-0.2, -0.15) is 8.78 Å². The molecule has 1 N–H and O–H groups in total. The molecule has 2 aromatic rings. The Morgan fingerprint density at radius 1 is 1.10 bits per heavy atom. The van der Waals surface area contributed by atoms with Gasteiger partial charge in [0.2, 0.25) is 0 Å². The molecule has 0 aliphatic heterocycles. The van der Waals surface area contributed by atoms with Crippen LogP contribution in [0, 0.1) is 11.6 Å². The van der Waals surface area contributed by atoms with Gasteiger partial charge in [-0.15, -0.1) is 0 Å². The molecule has 0 aliphatic rings. The maximum atomic E-state index is 13.5. The van der Waals surface area contributed by atoms with Gasteiger partial charge in [0.05, 0.1) is 5.69 Å². The predicted molar refractivity (Wildman–Crippen MR) is 74.5 cm³/mol. The SMILES string of the molecule is Fc1ccc(F)c(NCc2cc(Br)ccc2OC(F)F)c1. The number of rotatable bonds is 5. The summed E-state index contributed by atoms with van der Waals surface area (Å²) in [6, 6.07) is 7.43. The fourth-order valence-electron chi connectivity index (χ4n) is 1.72. The lowest BCUT2D eigenvalue weighted by Crippen LogP contribution is -2.08. The summed E-state index contributed by atoms with van der Waals surface area (Å²) in [6.07, 6.45) is 0. The van der Waals surface area contributed by atoms with E-state index in [4.69, 9.17) is 0 Å². The van der Waals surface area contributed by atoms with Gasteiger partial charge in [-0.3, -0.25) is 0 Å².